The number of para-hydroxylation sites is 3. The van der Waals surface area contributed by atoms with Crippen molar-refractivity contribution < 1.29 is 9.39 Å². The standard InChI is InChI=1S/C48H30BNO2/c1-2-11-31(12-3-1)33-13-10-14-34(27-33)36-28-41-40-17-6-9-20-45(40)52-49-42-29-35(23-26-46(42)51-47(30-36)48(41)49)32-21-24-37(25-22-32)50-43-18-7-4-15-38(43)39-16-5-8-19-44(39)50/h1-30H. The maximum absolute atomic E-state index is 6.85. The van der Waals surface area contributed by atoms with E-state index in [1.807, 2.05) is 6.07 Å². The summed E-state index contributed by atoms with van der Waals surface area (Å²) in [5.74, 6) is 2.55. The molecule has 0 fully saturated rings. The van der Waals surface area contributed by atoms with Gasteiger partial charge in [-0.05, 0) is 93.5 Å². The third kappa shape index (κ3) is 4.48. The Kier molecular flexibility index (Phi) is 6.35. The molecule has 2 aliphatic heterocycles. The molecule has 0 atom stereocenters. The molecule has 52 heavy (non-hydrogen) atoms. The van der Waals surface area contributed by atoms with Crippen molar-refractivity contribution in [2.75, 3.05) is 0 Å². The lowest BCUT2D eigenvalue weighted by Gasteiger charge is -2.33. The molecule has 8 aromatic carbocycles. The highest BCUT2D eigenvalue weighted by Crippen LogP contribution is 2.42. The van der Waals surface area contributed by atoms with Gasteiger partial charge in [0.2, 0.25) is 0 Å². The molecule has 4 heteroatoms. The predicted molar refractivity (Wildman–Crippen MR) is 215 cm³/mol. The summed E-state index contributed by atoms with van der Waals surface area (Å²) in [7, 11) is 0. The third-order valence-electron chi connectivity index (χ3n) is 10.7. The first-order valence-electron chi connectivity index (χ1n) is 17.8. The summed E-state index contributed by atoms with van der Waals surface area (Å²) in [6.45, 7) is -0.287. The second kappa shape index (κ2) is 11.4. The van der Waals surface area contributed by atoms with Crippen molar-refractivity contribution in [1.29, 1.82) is 0 Å². The van der Waals surface area contributed by atoms with E-state index in [-0.39, 0.29) is 6.92 Å². The Balaban J connectivity index is 0.995. The second-order valence-corrected chi connectivity index (χ2v) is 13.6. The van der Waals surface area contributed by atoms with Crippen LogP contribution in [0.2, 0.25) is 0 Å². The van der Waals surface area contributed by atoms with Crippen LogP contribution < -0.4 is 20.3 Å². The second-order valence-electron chi connectivity index (χ2n) is 13.6. The Morgan fingerprint density at radius 2 is 1.00 bits per heavy atom. The average molecular weight is 664 g/mol. The van der Waals surface area contributed by atoms with E-state index in [1.54, 1.807) is 0 Å². The van der Waals surface area contributed by atoms with Crippen molar-refractivity contribution >= 4 is 39.6 Å². The van der Waals surface area contributed by atoms with Gasteiger partial charge in [-0.1, -0.05) is 127 Å². The van der Waals surface area contributed by atoms with E-state index in [9.17, 15) is 0 Å². The van der Waals surface area contributed by atoms with Crippen molar-refractivity contribution in [3.8, 4) is 67.4 Å². The van der Waals surface area contributed by atoms with Crippen molar-refractivity contribution in [1.82, 2.24) is 4.57 Å². The van der Waals surface area contributed by atoms with Gasteiger partial charge in [0.05, 0.1) is 11.0 Å². The van der Waals surface area contributed by atoms with E-state index in [0.717, 1.165) is 67.2 Å². The van der Waals surface area contributed by atoms with Gasteiger partial charge in [-0.3, -0.25) is 0 Å². The molecular weight excluding hydrogens is 633 g/mol. The van der Waals surface area contributed by atoms with Gasteiger partial charge in [0.15, 0.2) is 0 Å². The SMILES string of the molecule is c1ccc(-c2cccc(-c3cc4c5c(c3)-c3ccccc3OB5c3cc(-c5ccc(-n6c7ccccc7c7ccccc76)cc5)ccc3O4)c2)cc1. The highest BCUT2D eigenvalue weighted by Gasteiger charge is 2.41. The van der Waals surface area contributed by atoms with Crippen LogP contribution in [0.4, 0.5) is 0 Å². The van der Waals surface area contributed by atoms with Gasteiger partial charge in [-0.25, -0.2) is 0 Å². The number of ether oxygens (including phenoxy) is 1. The molecule has 0 aliphatic carbocycles. The molecule has 3 nitrogen and oxygen atoms in total. The van der Waals surface area contributed by atoms with E-state index < -0.39 is 0 Å². The van der Waals surface area contributed by atoms with Crippen molar-refractivity contribution in [2.45, 2.75) is 0 Å². The normalized spacial score (nSPS) is 12.5. The number of nitrogens with zero attached hydrogens (tertiary/aromatic N) is 1. The quantitative estimate of drug-likeness (QED) is 0.175. The fourth-order valence-electron chi connectivity index (χ4n) is 8.22. The number of benzene rings is 8. The van der Waals surface area contributed by atoms with Crippen LogP contribution in [0.15, 0.2) is 182 Å². The number of hydrogen-bond donors (Lipinski definition) is 0. The summed E-state index contributed by atoms with van der Waals surface area (Å²) < 4.78 is 16.0. The van der Waals surface area contributed by atoms with E-state index >= 15 is 0 Å². The molecule has 0 unspecified atom stereocenters. The summed E-state index contributed by atoms with van der Waals surface area (Å²) in [6, 6.07) is 64.8. The van der Waals surface area contributed by atoms with Crippen LogP contribution in [-0.4, -0.2) is 11.5 Å². The summed E-state index contributed by atoms with van der Waals surface area (Å²) in [4.78, 5) is 0. The van der Waals surface area contributed by atoms with Crippen molar-refractivity contribution in [3.05, 3.63) is 182 Å². The first-order valence-corrected chi connectivity index (χ1v) is 17.8. The fraction of sp³-hybridized carbons (Fsp3) is 0. The zero-order valence-electron chi connectivity index (χ0n) is 28.2. The van der Waals surface area contributed by atoms with Crippen LogP contribution in [0, 0.1) is 0 Å². The molecule has 2 aliphatic rings. The predicted octanol–water partition coefficient (Wildman–Crippen LogP) is 11.1. The Morgan fingerprint density at radius 1 is 0.385 bits per heavy atom. The number of aromatic nitrogens is 1. The van der Waals surface area contributed by atoms with Crippen molar-refractivity contribution in [2.24, 2.45) is 0 Å². The minimum Gasteiger partial charge on any atom is -0.551 e. The van der Waals surface area contributed by atoms with Gasteiger partial charge in [0.25, 0.3) is 0 Å². The van der Waals surface area contributed by atoms with E-state index in [1.165, 1.54) is 32.9 Å². The zero-order valence-corrected chi connectivity index (χ0v) is 28.2. The highest BCUT2D eigenvalue weighted by atomic mass is 16.5. The Hall–Kier alpha value is -6.78. The number of hydrogen-bond acceptors (Lipinski definition) is 2. The first-order chi connectivity index (χ1) is 25.8. The molecule has 0 N–H and O–H groups in total. The Labute approximate surface area is 302 Å². The molecule has 0 amide bonds. The van der Waals surface area contributed by atoms with Crippen molar-refractivity contribution in [3.63, 3.8) is 0 Å². The monoisotopic (exact) mass is 663 g/mol. The molecule has 0 radical (unpaired) electrons. The van der Waals surface area contributed by atoms with Crippen LogP contribution in [-0.2, 0) is 0 Å². The molecule has 0 saturated carbocycles. The third-order valence-corrected chi connectivity index (χ3v) is 10.7. The highest BCUT2D eigenvalue weighted by molar-refractivity contribution is 6.84. The van der Waals surface area contributed by atoms with Crippen LogP contribution >= 0.6 is 0 Å². The molecule has 0 saturated heterocycles. The molecule has 3 heterocycles. The van der Waals surface area contributed by atoms with Gasteiger partial charge in [-0.2, -0.15) is 0 Å². The minimum atomic E-state index is -0.287. The summed E-state index contributed by atoms with van der Waals surface area (Å²) in [6.07, 6.45) is 0. The topological polar surface area (TPSA) is 23.4 Å². The molecular formula is C48H30BNO2. The maximum atomic E-state index is 6.85. The van der Waals surface area contributed by atoms with Crippen LogP contribution in [0.3, 0.4) is 0 Å². The smallest absolute Gasteiger partial charge is 0.434 e. The van der Waals surface area contributed by atoms with Gasteiger partial charge < -0.3 is 14.0 Å². The molecule has 0 spiro atoms. The summed E-state index contributed by atoms with van der Waals surface area (Å²) in [5.41, 5.74) is 14.8. The fourth-order valence-corrected chi connectivity index (χ4v) is 8.22. The lowest BCUT2D eigenvalue weighted by atomic mass is 9.50. The molecule has 1 aromatic heterocycles. The number of rotatable bonds is 4. The largest absolute Gasteiger partial charge is 0.551 e. The summed E-state index contributed by atoms with van der Waals surface area (Å²) in [5, 5.41) is 2.52. The summed E-state index contributed by atoms with van der Waals surface area (Å²) >= 11 is 0. The van der Waals surface area contributed by atoms with E-state index in [2.05, 4.69) is 180 Å². The Bertz CT molecular complexity index is 2800. The molecule has 11 rings (SSSR count). The van der Waals surface area contributed by atoms with Gasteiger partial charge >= 0.3 is 6.92 Å². The Morgan fingerprint density at radius 3 is 1.79 bits per heavy atom. The average Bonchev–Trinajstić information content (AvgIpc) is 3.55. The van der Waals surface area contributed by atoms with Gasteiger partial charge in [-0.15, -0.1) is 0 Å². The molecule has 242 valence electrons. The lowest BCUT2D eigenvalue weighted by molar-refractivity contribution is 0.479. The number of fused-ring (bicyclic) bond motifs is 7. The maximum Gasteiger partial charge on any atom is 0.434 e. The van der Waals surface area contributed by atoms with E-state index in [0.29, 0.717) is 0 Å². The van der Waals surface area contributed by atoms with E-state index in [4.69, 9.17) is 9.39 Å². The molecule has 9 aromatic rings. The van der Waals surface area contributed by atoms with Gasteiger partial charge in [0, 0.05) is 32.9 Å². The zero-order chi connectivity index (χ0) is 34.2. The van der Waals surface area contributed by atoms with Crippen LogP contribution in [0.25, 0.3) is 72.0 Å². The van der Waals surface area contributed by atoms with Gasteiger partial charge in [0.1, 0.15) is 17.2 Å². The van der Waals surface area contributed by atoms with Crippen LogP contribution in [0.1, 0.15) is 0 Å². The first kappa shape index (κ1) is 29.0. The molecule has 0 bridgehead atoms. The van der Waals surface area contributed by atoms with Crippen LogP contribution in [0.5, 0.6) is 17.2 Å². The lowest BCUT2D eigenvalue weighted by Crippen LogP contribution is -2.53. The minimum absolute atomic E-state index is 0.287.